The number of esters is 1. The number of hydrogen-bond acceptors (Lipinski definition) is 5. The van der Waals surface area contributed by atoms with Gasteiger partial charge in [-0.25, -0.2) is 4.79 Å². The number of amides is 1. The lowest BCUT2D eigenvalue weighted by molar-refractivity contribution is -0.133. The molecule has 0 spiro atoms. The number of fused-ring (bicyclic) bond motifs is 1. The van der Waals surface area contributed by atoms with Crippen LogP contribution in [0.1, 0.15) is 14.5 Å². The summed E-state index contributed by atoms with van der Waals surface area (Å²) in [6.07, 6.45) is 0. The van der Waals surface area contributed by atoms with Gasteiger partial charge < -0.3 is 9.64 Å². The van der Waals surface area contributed by atoms with Gasteiger partial charge in [0.2, 0.25) is 0 Å². The first-order chi connectivity index (χ1) is 11.6. The predicted molar refractivity (Wildman–Crippen MR) is 97.9 cm³/mol. The molecule has 0 aliphatic carbocycles. The van der Waals surface area contributed by atoms with E-state index in [9.17, 15) is 9.59 Å². The fraction of sp³-hybridized carbons (Fsp3) is 0.176. The second-order valence-corrected chi connectivity index (χ2v) is 7.61. The van der Waals surface area contributed by atoms with E-state index >= 15 is 0 Å². The van der Waals surface area contributed by atoms with Gasteiger partial charge in [-0.05, 0) is 17.5 Å². The van der Waals surface area contributed by atoms with Crippen LogP contribution in [0.4, 0.5) is 0 Å². The molecule has 0 saturated heterocycles. The molecule has 4 nitrogen and oxygen atoms in total. The first-order valence-electron chi connectivity index (χ1n) is 7.16. The summed E-state index contributed by atoms with van der Waals surface area (Å²) >= 11 is 9.08. The third-order valence-corrected chi connectivity index (χ3v) is 5.96. The summed E-state index contributed by atoms with van der Waals surface area (Å²) in [4.78, 5) is 27.2. The zero-order valence-electron chi connectivity index (χ0n) is 12.8. The molecule has 0 aliphatic rings. The first-order valence-corrected chi connectivity index (χ1v) is 9.24. The van der Waals surface area contributed by atoms with Crippen molar-refractivity contribution in [1.82, 2.24) is 4.90 Å². The van der Waals surface area contributed by atoms with Crippen molar-refractivity contribution >= 4 is 56.2 Å². The smallest absolute Gasteiger partial charge is 0.350 e. The Labute approximate surface area is 152 Å². The first kappa shape index (κ1) is 17.0. The largest absolute Gasteiger partial charge is 0.451 e. The van der Waals surface area contributed by atoms with Crippen LogP contribution in [0.2, 0.25) is 5.02 Å². The Kier molecular flexibility index (Phi) is 5.18. The summed E-state index contributed by atoms with van der Waals surface area (Å²) in [5.74, 6) is -0.826. The van der Waals surface area contributed by atoms with E-state index in [4.69, 9.17) is 16.3 Å². The number of carbonyl (C=O) groups is 2. The number of nitrogens with zero attached hydrogens (tertiary/aromatic N) is 1. The highest BCUT2D eigenvalue weighted by Crippen LogP contribution is 2.35. The Morgan fingerprint density at radius 2 is 2.00 bits per heavy atom. The Hall–Kier alpha value is -1.89. The molecule has 0 bridgehead atoms. The fourth-order valence-electron chi connectivity index (χ4n) is 2.17. The topological polar surface area (TPSA) is 46.6 Å². The number of halogens is 1. The quantitative estimate of drug-likeness (QED) is 0.616. The van der Waals surface area contributed by atoms with Crippen LogP contribution >= 0.6 is 34.3 Å². The molecule has 0 unspecified atom stereocenters. The molecule has 0 N–H and O–H groups in total. The summed E-state index contributed by atoms with van der Waals surface area (Å²) in [6, 6.07) is 11.4. The molecule has 1 amide bonds. The highest BCUT2D eigenvalue weighted by molar-refractivity contribution is 7.21. The van der Waals surface area contributed by atoms with Gasteiger partial charge in [0.25, 0.3) is 5.91 Å². The van der Waals surface area contributed by atoms with E-state index in [1.54, 1.807) is 18.4 Å². The number of ether oxygens (including phenoxy) is 1. The molecule has 3 aromatic rings. The maximum absolute atomic E-state index is 12.2. The van der Waals surface area contributed by atoms with E-state index in [0.29, 0.717) is 16.4 Å². The van der Waals surface area contributed by atoms with Crippen LogP contribution in [-0.4, -0.2) is 30.4 Å². The van der Waals surface area contributed by atoms with Crippen LogP contribution in [0.15, 0.2) is 41.8 Å². The molecular formula is C17H14ClNO3S2. The Morgan fingerprint density at radius 1 is 1.21 bits per heavy atom. The molecule has 0 fully saturated rings. The lowest BCUT2D eigenvalue weighted by Crippen LogP contribution is -2.30. The fourth-order valence-corrected chi connectivity index (χ4v) is 4.33. The highest BCUT2D eigenvalue weighted by Gasteiger charge is 2.20. The molecule has 7 heteroatoms. The molecule has 1 aromatic carbocycles. The molecule has 2 aromatic heterocycles. The Balaban J connectivity index is 1.62. The summed E-state index contributed by atoms with van der Waals surface area (Å²) < 4.78 is 6.05. The molecule has 0 radical (unpaired) electrons. The summed E-state index contributed by atoms with van der Waals surface area (Å²) in [7, 11) is 1.68. The van der Waals surface area contributed by atoms with Crippen molar-refractivity contribution in [2.24, 2.45) is 0 Å². The molecule has 2 heterocycles. The number of carbonyl (C=O) groups excluding carboxylic acids is 2. The zero-order chi connectivity index (χ0) is 17.1. The van der Waals surface area contributed by atoms with Gasteiger partial charge >= 0.3 is 5.97 Å². The third-order valence-electron chi connectivity index (χ3n) is 3.45. The van der Waals surface area contributed by atoms with E-state index in [-0.39, 0.29) is 12.5 Å². The minimum Gasteiger partial charge on any atom is -0.451 e. The van der Waals surface area contributed by atoms with E-state index < -0.39 is 5.97 Å². The van der Waals surface area contributed by atoms with Crippen molar-refractivity contribution in [2.45, 2.75) is 6.54 Å². The average Bonchev–Trinajstić information content (AvgIpc) is 3.20. The number of thiophene rings is 2. The Morgan fingerprint density at radius 3 is 2.71 bits per heavy atom. The van der Waals surface area contributed by atoms with E-state index in [2.05, 4.69) is 0 Å². The highest BCUT2D eigenvalue weighted by atomic mass is 35.5. The molecule has 124 valence electrons. The normalized spacial score (nSPS) is 10.8. The van der Waals surface area contributed by atoms with Crippen LogP contribution in [0.25, 0.3) is 10.1 Å². The van der Waals surface area contributed by atoms with Crippen molar-refractivity contribution in [2.75, 3.05) is 13.7 Å². The minimum absolute atomic E-state index is 0.256. The second-order valence-electron chi connectivity index (χ2n) is 5.15. The van der Waals surface area contributed by atoms with Gasteiger partial charge in [-0.1, -0.05) is 35.9 Å². The van der Waals surface area contributed by atoms with Gasteiger partial charge in [0.15, 0.2) is 6.61 Å². The zero-order valence-corrected chi connectivity index (χ0v) is 15.2. The molecule has 0 saturated carbocycles. The molecular weight excluding hydrogens is 366 g/mol. The predicted octanol–water partition coefficient (Wildman–Crippen LogP) is 4.43. The average molecular weight is 380 g/mol. The molecule has 0 atom stereocenters. The Bertz CT molecular complexity index is 873. The van der Waals surface area contributed by atoms with Crippen LogP contribution in [0.3, 0.4) is 0 Å². The van der Waals surface area contributed by atoms with Gasteiger partial charge in [0, 0.05) is 22.0 Å². The van der Waals surface area contributed by atoms with E-state index in [0.717, 1.165) is 15.0 Å². The third kappa shape index (κ3) is 3.61. The van der Waals surface area contributed by atoms with Gasteiger partial charge in [-0.15, -0.1) is 22.7 Å². The number of likely N-dealkylation sites (N-methyl/N-ethyl adjacent to an activating group) is 1. The maximum Gasteiger partial charge on any atom is 0.350 e. The van der Waals surface area contributed by atoms with Gasteiger partial charge in [0.1, 0.15) is 4.88 Å². The van der Waals surface area contributed by atoms with Crippen LogP contribution in [0.5, 0.6) is 0 Å². The molecule has 0 aliphatic heterocycles. The van der Waals surface area contributed by atoms with Gasteiger partial charge in [0.05, 0.1) is 11.6 Å². The van der Waals surface area contributed by atoms with Gasteiger partial charge in [-0.2, -0.15) is 0 Å². The van der Waals surface area contributed by atoms with Crippen LogP contribution < -0.4 is 0 Å². The summed E-state index contributed by atoms with van der Waals surface area (Å²) in [5.41, 5.74) is 0. The standard InChI is InChI=1S/C17H14ClNO3S2/c1-19(9-11-5-4-8-23-11)14(20)10-22-17(21)16-15(18)12-6-2-3-7-13(12)24-16/h2-8H,9-10H2,1H3. The lowest BCUT2D eigenvalue weighted by Gasteiger charge is -2.15. The van der Waals surface area contributed by atoms with Crippen molar-refractivity contribution in [3.05, 3.63) is 56.6 Å². The van der Waals surface area contributed by atoms with Crippen molar-refractivity contribution in [3.8, 4) is 0 Å². The van der Waals surface area contributed by atoms with Gasteiger partial charge in [-0.3, -0.25) is 4.79 Å². The van der Waals surface area contributed by atoms with Crippen molar-refractivity contribution < 1.29 is 14.3 Å². The van der Waals surface area contributed by atoms with E-state index in [1.807, 2.05) is 41.8 Å². The SMILES string of the molecule is CN(Cc1cccs1)C(=O)COC(=O)c1sc2ccccc2c1Cl. The summed E-state index contributed by atoms with van der Waals surface area (Å²) in [5, 5.41) is 3.15. The number of rotatable bonds is 5. The minimum atomic E-state index is -0.570. The lowest BCUT2D eigenvalue weighted by atomic mass is 10.2. The monoisotopic (exact) mass is 379 g/mol. The van der Waals surface area contributed by atoms with Crippen LogP contribution in [0, 0.1) is 0 Å². The second kappa shape index (κ2) is 7.34. The van der Waals surface area contributed by atoms with Crippen LogP contribution in [-0.2, 0) is 16.1 Å². The maximum atomic E-state index is 12.2. The number of benzene rings is 1. The van der Waals surface area contributed by atoms with Crippen molar-refractivity contribution in [3.63, 3.8) is 0 Å². The molecule has 3 rings (SSSR count). The number of hydrogen-bond donors (Lipinski definition) is 0. The van der Waals surface area contributed by atoms with Crippen molar-refractivity contribution in [1.29, 1.82) is 0 Å². The van der Waals surface area contributed by atoms with E-state index in [1.165, 1.54) is 16.2 Å². The summed E-state index contributed by atoms with van der Waals surface area (Å²) in [6.45, 7) is 0.197. The molecule has 24 heavy (non-hydrogen) atoms.